The summed E-state index contributed by atoms with van der Waals surface area (Å²) in [4.78, 5) is 48.9. The number of benzene rings is 2. The van der Waals surface area contributed by atoms with Gasteiger partial charge >= 0.3 is 0 Å². The predicted octanol–water partition coefficient (Wildman–Crippen LogP) is 3.75. The molecule has 8 nitrogen and oxygen atoms in total. The Morgan fingerprint density at radius 3 is 2.38 bits per heavy atom. The van der Waals surface area contributed by atoms with Gasteiger partial charge in [0.05, 0.1) is 5.69 Å². The van der Waals surface area contributed by atoms with Crippen molar-refractivity contribution < 1.29 is 14.4 Å². The van der Waals surface area contributed by atoms with Gasteiger partial charge in [-0.3, -0.25) is 19.2 Å². The summed E-state index contributed by atoms with van der Waals surface area (Å²) in [5.41, 5.74) is 1.32. The summed E-state index contributed by atoms with van der Waals surface area (Å²) in [6, 6.07) is 14.7. The fraction of sp³-hybridized carbons (Fsp3) is 0.174. The summed E-state index contributed by atoms with van der Waals surface area (Å²) >= 11 is 5.94. The van der Waals surface area contributed by atoms with Crippen LogP contribution in [0.5, 0.6) is 0 Å². The van der Waals surface area contributed by atoms with E-state index in [0.717, 1.165) is 4.68 Å². The molecule has 2 amide bonds. The van der Waals surface area contributed by atoms with E-state index in [4.69, 9.17) is 11.6 Å². The molecule has 0 aliphatic rings. The van der Waals surface area contributed by atoms with Gasteiger partial charge in [-0.15, -0.1) is 0 Å². The van der Waals surface area contributed by atoms with E-state index >= 15 is 0 Å². The highest BCUT2D eigenvalue weighted by atomic mass is 35.5. The number of halogens is 1. The molecule has 0 aliphatic heterocycles. The minimum Gasteiger partial charge on any atom is -0.324 e. The third-order valence-corrected chi connectivity index (χ3v) is 4.81. The summed E-state index contributed by atoms with van der Waals surface area (Å²) in [5.74, 6) is -0.986. The first kappa shape index (κ1) is 22.9. The maximum Gasteiger partial charge on any atom is 0.291 e. The van der Waals surface area contributed by atoms with E-state index in [1.54, 1.807) is 55.5 Å². The molecule has 0 radical (unpaired) electrons. The molecule has 0 spiro atoms. The molecule has 0 aliphatic carbocycles. The van der Waals surface area contributed by atoms with E-state index < -0.39 is 11.5 Å². The zero-order valence-corrected chi connectivity index (χ0v) is 18.3. The normalized spacial score (nSPS) is 10.5. The van der Waals surface area contributed by atoms with Crippen LogP contribution in [0.2, 0.25) is 5.02 Å². The molecule has 164 valence electrons. The van der Waals surface area contributed by atoms with E-state index in [1.165, 1.54) is 13.0 Å². The van der Waals surface area contributed by atoms with Crippen molar-refractivity contribution in [3.05, 3.63) is 75.5 Å². The van der Waals surface area contributed by atoms with Gasteiger partial charge in [0.1, 0.15) is 12.2 Å². The average molecular weight is 453 g/mol. The van der Waals surface area contributed by atoms with Crippen molar-refractivity contribution in [2.75, 3.05) is 10.6 Å². The highest BCUT2D eigenvalue weighted by Gasteiger charge is 2.15. The lowest BCUT2D eigenvalue weighted by atomic mass is 10.1. The number of ketones is 1. The van der Waals surface area contributed by atoms with Crippen LogP contribution in [0, 0.1) is 0 Å². The number of carbonyl (C=O) groups is 3. The van der Waals surface area contributed by atoms with E-state index in [9.17, 15) is 19.2 Å². The van der Waals surface area contributed by atoms with E-state index in [1.807, 2.05) is 0 Å². The molecule has 0 bridgehead atoms. The number of aromatic nitrogens is 2. The largest absolute Gasteiger partial charge is 0.324 e. The number of anilines is 2. The number of amides is 2. The van der Waals surface area contributed by atoms with Gasteiger partial charge in [-0.05, 0) is 37.3 Å². The number of Topliss-reactive ketones (excluding diaryl/α,β-unsaturated/α-hetero) is 1. The van der Waals surface area contributed by atoms with Crippen LogP contribution in [0.3, 0.4) is 0 Å². The van der Waals surface area contributed by atoms with E-state index in [-0.39, 0.29) is 30.3 Å². The second-order valence-electron chi connectivity index (χ2n) is 7.00. The SMILES string of the molecule is CCC(=O)Nc1cc(-c2ccc(Cl)cc2)nn(CC(=O)Nc2cccc(C(C)=O)c2)c1=O. The number of hydrogen-bond donors (Lipinski definition) is 2. The van der Waals surface area contributed by atoms with Crippen LogP contribution in [0.1, 0.15) is 30.6 Å². The standard InChI is InChI=1S/C23H21ClN4O4/c1-3-21(30)26-20-12-19(15-7-9-17(24)10-8-15)27-28(23(20)32)13-22(31)25-18-6-4-5-16(11-18)14(2)29/h4-12H,3,13H2,1-2H3,(H,25,31)(H,26,30). The summed E-state index contributed by atoms with van der Waals surface area (Å²) in [6.45, 7) is 2.70. The summed E-state index contributed by atoms with van der Waals surface area (Å²) in [6.07, 6.45) is 0.186. The van der Waals surface area contributed by atoms with Crippen molar-refractivity contribution in [1.29, 1.82) is 0 Å². The van der Waals surface area contributed by atoms with E-state index in [0.29, 0.717) is 27.5 Å². The number of nitrogens with one attached hydrogen (secondary N) is 2. The predicted molar refractivity (Wildman–Crippen MR) is 123 cm³/mol. The Morgan fingerprint density at radius 1 is 1.00 bits per heavy atom. The number of nitrogens with zero attached hydrogens (tertiary/aromatic N) is 2. The second kappa shape index (κ2) is 10.0. The molecule has 2 aromatic carbocycles. The third-order valence-electron chi connectivity index (χ3n) is 4.56. The monoisotopic (exact) mass is 452 g/mol. The Kier molecular flexibility index (Phi) is 7.17. The van der Waals surface area contributed by atoms with Crippen molar-refractivity contribution in [1.82, 2.24) is 9.78 Å². The van der Waals surface area contributed by atoms with Crippen LogP contribution in [-0.2, 0) is 16.1 Å². The molecule has 1 heterocycles. The lowest BCUT2D eigenvalue weighted by Gasteiger charge is -2.12. The molecule has 9 heteroatoms. The Hall–Kier alpha value is -3.78. The van der Waals surface area contributed by atoms with Gasteiger partial charge in [-0.25, -0.2) is 4.68 Å². The lowest BCUT2D eigenvalue weighted by Crippen LogP contribution is -2.32. The Bertz CT molecular complexity index is 1240. The molecule has 2 N–H and O–H groups in total. The fourth-order valence-electron chi connectivity index (χ4n) is 2.89. The highest BCUT2D eigenvalue weighted by Crippen LogP contribution is 2.21. The van der Waals surface area contributed by atoms with Crippen LogP contribution in [0.4, 0.5) is 11.4 Å². The van der Waals surface area contributed by atoms with Crippen molar-refractivity contribution in [3.63, 3.8) is 0 Å². The van der Waals surface area contributed by atoms with Crippen LogP contribution in [-0.4, -0.2) is 27.4 Å². The number of rotatable bonds is 7. The third kappa shape index (κ3) is 5.67. The maximum absolute atomic E-state index is 12.8. The first-order valence-electron chi connectivity index (χ1n) is 9.85. The average Bonchev–Trinajstić information content (AvgIpc) is 2.76. The summed E-state index contributed by atoms with van der Waals surface area (Å²) in [7, 11) is 0. The number of hydrogen-bond acceptors (Lipinski definition) is 5. The molecule has 32 heavy (non-hydrogen) atoms. The molecule has 1 aromatic heterocycles. The minimum atomic E-state index is -0.614. The van der Waals surface area contributed by atoms with Gasteiger partial charge in [0.25, 0.3) is 5.56 Å². The van der Waals surface area contributed by atoms with Crippen molar-refractivity contribution in [2.24, 2.45) is 0 Å². The quantitative estimate of drug-likeness (QED) is 0.530. The van der Waals surface area contributed by atoms with Gasteiger partial charge in [-0.2, -0.15) is 5.10 Å². The zero-order chi connectivity index (χ0) is 23.3. The molecule has 3 aromatic rings. The fourth-order valence-corrected chi connectivity index (χ4v) is 3.02. The first-order valence-corrected chi connectivity index (χ1v) is 10.2. The first-order chi connectivity index (χ1) is 15.3. The van der Waals surface area contributed by atoms with Crippen LogP contribution in [0.15, 0.2) is 59.4 Å². The minimum absolute atomic E-state index is 0.0168. The van der Waals surface area contributed by atoms with Gasteiger partial charge in [0, 0.05) is 28.3 Å². The van der Waals surface area contributed by atoms with Crippen LogP contribution in [0.25, 0.3) is 11.3 Å². The molecule has 0 atom stereocenters. The van der Waals surface area contributed by atoms with Crippen molar-refractivity contribution in [2.45, 2.75) is 26.8 Å². The van der Waals surface area contributed by atoms with Crippen molar-refractivity contribution >= 4 is 40.6 Å². The maximum atomic E-state index is 12.8. The van der Waals surface area contributed by atoms with Crippen LogP contribution >= 0.6 is 11.6 Å². The lowest BCUT2D eigenvalue weighted by molar-refractivity contribution is -0.117. The molecular formula is C23H21ClN4O4. The topological polar surface area (TPSA) is 110 Å². The second-order valence-corrected chi connectivity index (χ2v) is 7.44. The van der Waals surface area contributed by atoms with Gasteiger partial charge < -0.3 is 10.6 Å². The molecule has 0 saturated carbocycles. The highest BCUT2D eigenvalue weighted by molar-refractivity contribution is 6.30. The van der Waals surface area contributed by atoms with E-state index in [2.05, 4.69) is 15.7 Å². The summed E-state index contributed by atoms with van der Waals surface area (Å²) in [5, 5.41) is 10.0. The van der Waals surface area contributed by atoms with Gasteiger partial charge in [-0.1, -0.05) is 42.8 Å². The van der Waals surface area contributed by atoms with Crippen LogP contribution < -0.4 is 16.2 Å². The summed E-state index contributed by atoms with van der Waals surface area (Å²) < 4.78 is 0.985. The Labute approximate surface area is 189 Å². The Morgan fingerprint density at radius 2 is 1.72 bits per heavy atom. The zero-order valence-electron chi connectivity index (χ0n) is 17.5. The van der Waals surface area contributed by atoms with Gasteiger partial charge in [0.15, 0.2) is 5.78 Å². The molecule has 0 fully saturated rings. The van der Waals surface area contributed by atoms with Gasteiger partial charge in [0.2, 0.25) is 11.8 Å². The molecule has 0 unspecified atom stereocenters. The molecular weight excluding hydrogens is 432 g/mol. The molecule has 0 saturated heterocycles. The smallest absolute Gasteiger partial charge is 0.291 e. The molecule has 3 rings (SSSR count). The number of carbonyl (C=O) groups excluding carboxylic acids is 3. The van der Waals surface area contributed by atoms with Crippen molar-refractivity contribution in [3.8, 4) is 11.3 Å². The Balaban J connectivity index is 1.93.